The molecule has 1 aliphatic heterocycles. The second-order valence-corrected chi connectivity index (χ2v) is 8.87. The Morgan fingerprint density at radius 1 is 0.921 bits per heavy atom. The van der Waals surface area contributed by atoms with Crippen LogP contribution in [0.25, 0.3) is 11.0 Å². The van der Waals surface area contributed by atoms with Crippen LogP contribution in [0.2, 0.25) is 0 Å². The number of pyridine rings is 1. The van der Waals surface area contributed by atoms with Crippen molar-refractivity contribution in [1.82, 2.24) is 20.0 Å². The topological polar surface area (TPSA) is 46.0 Å². The number of nitrogens with zero attached hydrogens (tertiary/aromatic N) is 4. The third-order valence-electron chi connectivity index (χ3n) is 6.43. The van der Waals surface area contributed by atoms with Crippen LogP contribution < -0.4 is 10.3 Å². The number of imidazole rings is 1. The fourth-order valence-corrected chi connectivity index (χ4v) is 4.68. The molecule has 4 aromatic rings. The highest BCUT2D eigenvalue weighted by Crippen LogP contribution is 2.37. The highest BCUT2D eigenvalue weighted by atomic mass is 19.4. The number of alkyl halides is 6. The lowest BCUT2D eigenvalue weighted by Gasteiger charge is -2.43. The van der Waals surface area contributed by atoms with Crippen LogP contribution >= 0.6 is 0 Å². The maximum absolute atomic E-state index is 13.8. The summed E-state index contributed by atoms with van der Waals surface area (Å²) in [4.78, 5) is 8.17. The third-order valence-corrected chi connectivity index (χ3v) is 6.43. The Bertz CT molecular complexity index is 1460. The van der Waals surface area contributed by atoms with Crippen LogP contribution in [-0.2, 0) is 12.6 Å². The summed E-state index contributed by atoms with van der Waals surface area (Å²) in [5.74, 6) is -2.09. The summed E-state index contributed by atoms with van der Waals surface area (Å²) in [7, 11) is 0. The second kappa shape index (κ2) is 9.53. The smallest absolute Gasteiger partial charge is 0.302 e. The Morgan fingerprint density at radius 2 is 1.71 bits per heavy atom. The maximum atomic E-state index is 13.8. The first-order valence-electron chi connectivity index (χ1n) is 11.4. The van der Waals surface area contributed by atoms with E-state index in [1.807, 2.05) is 0 Å². The molecule has 2 unspecified atom stereocenters. The SMILES string of the molecule is Fc1ccc(Cc2cccc3ncn(N4CC(C(F)(F)F)NCC4c4ncccc4C(F)(F)F)c23)cc1F. The number of aromatic nitrogens is 3. The molecule has 2 aromatic carbocycles. The molecule has 1 N–H and O–H groups in total. The number of hydrogen-bond donors (Lipinski definition) is 1. The molecule has 5 rings (SSSR count). The molecule has 0 radical (unpaired) electrons. The van der Waals surface area contributed by atoms with E-state index in [0.29, 0.717) is 22.2 Å². The third kappa shape index (κ3) is 4.89. The van der Waals surface area contributed by atoms with Crippen LogP contribution in [0.4, 0.5) is 35.1 Å². The summed E-state index contributed by atoms with van der Waals surface area (Å²) in [5, 5.41) is 3.47. The normalized spacial score (nSPS) is 18.8. The molecule has 38 heavy (non-hydrogen) atoms. The number of hydrogen-bond acceptors (Lipinski definition) is 4. The number of nitrogens with one attached hydrogen (secondary N) is 1. The fourth-order valence-electron chi connectivity index (χ4n) is 4.68. The van der Waals surface area contributed by atoms with Gasteiger partial charge in [-0.1, -0.05) is 18.2 Å². The van der Waals surface area contributed by atoms with Gasteiger partial charge in [-0.2, -0.15) is 26.3 Å². The van der Waals surface area contributed by atoms with Crippen LogP contribution in [0.5, 0.6) is 0 Å². The van der Waals surface area contributed by atoms with E-state index < -0.39 is 60.4 Å². The highest BCUT2D eigenvalue weighted by Gasteiger charge is 2.47. The van der Waals surface area contributed by atoms with Gasteiger partial charge in [0.25, 0.3) is 0 Å². The summed E-state index contributed by atoms with van der Waals surface area (Å²) < 4.78 is 111. The highest BCUT2D eigenvalue weighted by molar-refractivity contribution is 5.80. The fraction of sp³-hybridized carbons (Fsp3) is 0.280. The first-order valence-corrected chi connectivity index (χ1v) is 11.4. The Kier molecular flexibility index (Phi) is 6.49. The zero-order valence-electron chi connectivity index (χ0n) is 19.4. The van der Waals surface area contributed by atoms with Gasteiger partial charge >= 0.3 is 12.4 Å². The minimum Gasteiger partial charge on any atom is -0.302 e. The van der Waals surface area contributed by atoms with Gasteiger partial charge in [0, 0.05) is 12.7 Å². The molecule has 1 fully saturated rings. The van der Waals surface area contributed by atoms with E-state index in [4.69, 9.17) is 0 Å². The van der Waals surface area contributed by atoms with Gasteiger partial charge in [-0.05, 0) is 47.9 Å². The maximum Gasteiger partial charge on any atom is 0.418 e. The largest absolute Gasteiger partial charge is 0.418 e. The summed E-state index contributed by atoms with van der Waals surface area (Å²) in [6, 6.07) is 6.89. The van der Waals surface area contributed by atoms with Gasteiger partial charge in [0.05, 0.1) is 28.8 Å². The lowest BCUT2D eigenvalue weighted by atomic mass is 10.0. The second-order valence-electron chi connectivity index (χ2n) is 8.87. The standard InChI is InChI=1S/C25H19F8N5/c26-17-7-6-14(10-18(17)27)9-15-3-1-5-19-23(15)38(13-36-19)37-12-21(25(31,32)33)35-11-20(37)22-16(24(28,29)30)4-2-8-34-22/h1-8,10,13,20-21,35H,9,11-12H2. The summed E-state index contributed by atoms with van der Waals surface area (Å²) >= 11 is 0. The van der Waals surface area contributed by atoms with Gasteiger partial charge in [-0.25, -0.2) is 18.4 Å². The van der Waals surface area contributed by atoms with Gasteiger partial charge < -0.3 is 5.32 Å². The predicted octanol–water partition coefficient (Wildman–Crippen LogP) is 5.53. The molecule has 1 saturated heterocycles. The monoisotopic (exact) mass is 541 g/mol. The van der Waals surface area contributed by atoms with E-state index in [1.165, 1.54) is 17.1 Å². The van der Waals surface area contributed by atoms with Crippen molar-refractivity contribution in [2.45, 2.75) is 30.9 Å². The average molecular weight is 541 g/mol. The van der Waals surface area contributed by atoms with Crippen LogP contribution in [0, 0.1) is 11.6 Å². The van der Waals surface area contributed by atoms with Crippen LogP contribution in [0.15, 0.2) is 61.1 Å². The van der Waals surface area contributed by atoms with E-state index in [-0.39, 0.29) is 6.42 Å². The van der Waals surface area contributed by atoms with Crippen molar-refractivity contribution >= 4 is 11.0 Å². The molecule has 2 atom stereocenters. The number of halogens is 8. The zero-order valence-corrected chi connectivity index (χ0v) is 19.4. The first kappa shape index (κ1) is 25.9. The molecular formula is C25H19F8N5. The van der Waals surface area contributed by atoms with Crippen molar-refractivity contribution in [1.29, 1.82) is 0 Å². The Balaban J connectivity index is 1.64. The predicted molar refractivity (Wildman–Crippen MR) is 122 cm³/mol. The molecule has 200 valence electrons. The lowest BCUT2D eigenvalue weighted by Crippen LogP contribution is -2.61. The molecule has 5 nitrogen and oxygen atoms in total. The van der Waals surface area contributed by atoms with E-state index in [9.17, 15) is 35.1 Å². The van der Waals surface area contributed by atoms with Crippen molar-refractivity contribution in [2.24, 2.45) is 0 Å². The lowest BCUT2D eigenvalue weighted by molar-refractivity contribution is -0.158. The average Bonchev–Trinajstić information content (AvgIpc) is 3.30. The Morgan fingerprint density at radius 3 is 2.42 bits per heavy atom. The van der Waals surface area contributed by atoms with E-state index >= 15 is 0 Å². The van der Waals surface area contributed by atoms with E-state index in [2.05, 4.69) is 15.3 Å². The molecule has 0 amide bonds. The molecule has 0 spiro atoms. The molecule has 2 aromatic heterocycles. The molecule has 3 heterocycles. The number of piperazine rings is 1. The summed E-state index contributed by atoms with van der Waals surface area (Å²) in [5.41, 5.74) is 0.0847. The van der Waals surface area contributed by atoms with Gasteiger partial charge in [0.15, 0.2) is 11.6 Å². The van der Waals surface area contributed by atoms with Gasteiger partial charge in [0.2, 0.25) is 0 Å². The van der Waals surface area contributed by atoms with Gasteiger partial charge in [-0.15, -0.1) is 0 Å². The summed E-state index contributed by atoms with van der Waals surface area (Å²) in [6.07, 6.45) is -7.01. The number of para-hydroxylation sites is 1. The van der Waals surface area contributed by atoms with Gasteiger partial charge in [0.1, 0.15) is 18.4 Å². The Labute approximate surface area is 210 Å². The molecule has 1 aliphatic rings. The number of rotatable bonds is 4. The molecular weight excluding hydrogens is 522 g/mol. The minimum atomic E-state index is -4.79. The number of fused-ring (bicyclic) bond motifs is 1. The van der Waals surface area contributed by atoms with Crippen LogP contribution in [0.1, 0.15) is 28.4 Å². The van der Waals surface area contributed by atoms with Crippen LogP contribution in [0.3, 0.4) is 0 Å². The van der Waals surface area contributed by atoms with Crippen molar-refractivity contribution in [3.05, 3.63) is 95.1 Å². The molecule has 13 heteroatoms. The number of benzene rings is 2. The Hall–Kier alpha value is -3.74. The molecule has 0 saturated carbocycles. The quantitative estimate of drug-likeness (QED) is 0.345. The van der Waals surface area contributed by atoms with Crippen molar-refractivity contribution in [2.75, 3.05) is 18.1 Å². The van der Waals surface area contributed by atoms with Crippen molar-refractivity contribution in [3.8, 4) is 0 Å². The van der Waals surface area contributed by atoms with E-state index in [0.717, 1.165) is 35.5 Å². The first-order chi connectivity index (χ1) is 17.9. The van der Waals surface area contributed by atoms with Gasteiger partial charge in [-0.3, -0.25) is 9.99 Å². The minimum absolute atomic E-state index is 0.0665. The van der Waals surface area contributed by atoms with Crippen molar-refractivity contribution < 1.29 is 35.1 Å². The van der Waals surface area contributed by atoms with E-state index in [1.54, 1.807) is 18.2 Å². The van der Waals surface area contributed by atoms with Crippen molar-refractivity contribution in [3.63, 3.8) is 0 Å². The summed E-state index contributed by atoms with van der Waals surface area (Å²) in [6.45, 7) is -1.21. The molecule has 0 bridgehead atoms. The molecule has 0 aliphatic carbocycles. The zero-order chi connectivity index (χ0) is 27.2. The van der Waals surface area contributed by atoms with Crippen LogP contribution in [-0.4, -0.2) is 40.0 Å².